The fourth-order valence-corrected chi connectivity index (χ4v) is 3.78. The lowest BCUT2D eigenvalue weighted by atomic mass is 10.3. The lowest BCUT2D eigenvalue weighted by Crippen LogP contribution is -2.37. The van der Waals surface area contributed by atoms with E-state index >= 15 is 0 Å². The van der Waals surface area contributed by atoms with Crippen molar-refractivity contribution >= 4 is 44.8 Å². The Morgan fingerprint density at radius 2 is 1.88 bits per heavy atom. The van der Waals surface area contributed by atoms with Gasteiger partial charge in [-0.1, -0.05) is 22.0 Å². The zero-order valence-electron chi connectivity index (χ0n) is 13.8. The number of hydrogen-bond donors (Lipinski definition) is 1. The highest BCUT2D eigenvalue weighted by Crippen LogP contribution is 2.15. The Bertz CT molecular complexity index is 718. The first-order valence-corrected chi connectivity index (χ1v) is 9.89. The lowest BCUT2D eigenvalue weighted by Gasteiger charge is -2.21. The van der Waals surface area contributed by atoms with Crippen LogP contribution in [0.1, 0.15) is 16.1 Å². The standard InChI is InChI=1S/C18H20BrN3O2S/c19-14-4-6-15(7-5-14)20-17(23)13-21-8-2-9-22(11-10-21)18(24)16-3-1-12-25-16/h1,3-7,12H,2,8-11,13H2,(H,20,23). The van der Waals surface area contributed by atoms with E-state index in [4.69, 9.17) is 0 Å². The molecule has 0 radical (unpaired) electrons. The first-order chi connectivity index (χ1) is 12.1. The monoisotopic (exact) mass is 421 g/mol. The Kier molecular flexibility index (Phi) is 6.23. The Morgan fingerprint density at radius 3 is 2.60 bits per heavy atom. The first-order valence-electron chi connectivity index (χ1n) is 8.22. The molecule has 1 aliphatic rings. The summed E-state index contributed by atoms with van der Waals surface area (Å²) in [5.41, 5.74) is 0.789. The van der Waals surface area contributed by atoms with E-state index in [2.05, 4.69) is 26.1 Å². The normalized spacial score (nSPS) is 15.6. The lowest BCUT2D eigenvalue weighted by molar-refractivity contribution is -0.117. The number of amides is 2. The van der Waals surface area contributed by atoms with Crippen LogP contribution in [0.3, 0.4) is 0 Å². The number of nitrogens with one attached hydrogen (secondary N) is 1. The van der Waals surface area contributed by atoms with Crippen LogP contribution in [0.25, 0.3) is 0 Å². The number of carbonyl (C=O) groups is 2. The molecule has 1 aromatic carbocycles. The van der Waals surface area contributed by atoms with E-state index in [1.807, 2.05) is 46.7 Å². The van der Waals surface area contributed by atoms with Crippen molar-refractivity contribution in [2.45, 2.75) is 6.42 Å². The molecule has 0 aliphatic carbocycles. The molecule has 3 rings (SSSR count). The summed E-state index contributed by atoms with van der Waals surface area (Å²) in [6.45, 7) is 3.27. The van der Waals surface area contributed by atoms with Crippen molar-refractivity contribution in [1.29, 1.82) is 0 Å². The third kappa shape index (κ3) is 5.14. The summed E-state index contributed by atoms with van der Waals surface area (Å²) < 4.78 is 0.980. The highest BCUT2D eigenvalue weighted by atomic mass is 79.9. The van der Waals surface area contributed by atoms with E-state index in [-0.39, 0.29) is 11.8 Å². The molecule has 5 nitrogen and oxygen atoms in total. The molecule has 0 saturated carbocycles. The molecule has 2 heterocycles. The van der Waals surface area contributed by atoms with Crippen LogP contribution >= 0.6 is 27.3 Å². The Morgan fingerprint density at radius 1 is 1.08 bits per heavy atom. The largest absolute Gasteiger partial charge is 0.337 e. The third-order valence-corrected chi connectivity index (χ3v) is 5.49. The molecule has 7 heteroatoms. The van der Waals surface area contributed by atoms with Crippen molar-refractivity contribution in [2.24, 2.45) is 0 Å². The third-order valence-electron chi connectivity index (χ3n) is 4.10. The zero-order chi connectivity index (χ0) is 17.6. The minimum atomic E-state index is -0.0274. The van der Waals surface area contributed by atoms with Gasteiger partial charge in [-0.05, 0) is 42.1 Å². The summed E-state index contributed by atoms with van der Waals surface area (Å²) in [6, 6.07) is 11.3. The molecule has 132 valence electrons. The molecule has 1 aliphatic heterocycles. The van der Waals surface area contributed by atoms with E-state index in [1.165, 1.54) is 11.3 Å². The van der Waals surface area contributed by atoms with Crippen molar-refractivity contribution in [1.82, 2.24) is 9.80 Å². The fraction of sp³-hybridized carbons (Fsp3) is 0.333. The van der Waals surface area contributed by atoms with Gasteiger partial charge in [0.15, 0.2) is 0 Å². The Balaban J connectivity index is 1.50. The summed E-state index contributed by atoms with van der Waals surface area (Å²) in [4.78, 5) is 29.5. The Labute approximate surface area is 159 Å². The highest BCUT2D eigenvalue weighted by Gasteiger charge is 2.21. The van der Waals surface area contributed by atoms with Crippen LogP contribution in [0.4, 0.5) is 5.69 Å². The number of anilines is 1. The molecule has 0 bridgehead atoms. The van der Waals surface area contributed by atoms with E-state index in [1.54, 1.807) is 0 Å². The van der Waals surface area contributed by atoms with Crippen molar-refractivity contribution in [2.75, 3.05) is 38.0 Å². The maximum Gasteiger partial charge on any atom is 0.263 e. The zero-order valence-corrected chi connectivity index (χ0v) is 16.2. The van der Waals surface area contributed by atoms with Gasteiger partial charge in [-0.25, -0.2) is 0 Å². The second-order valence-electron chi connectivity index (χ2n) is 5.95. The minimum Gasteiger partial charge on any atom is -0.337 e. The van der Waals surface area contributed by atoms with Gasteiger partial charge in [0.05, 0.1) is 11.4 Å². The van der Waals surface area contributed by atoms with Crippen molar-refractivity contribution in [3.05, 3.63) is 51.1 Å². The number of halogens is 1. The van der Waals surface area contributed by atoms with E-state index in [0.717, 1.165) is 34.5 Å². The molecule has 0 spiro atoms. The first kappa shape index (κ1) is 18.1. The number of nitrogens with zero attached hydrogens (tertiary/aromatic N) is 2. The van der Waals surface area contributed by atoms with Gasteiger partial charge < -0.3 is 10.2 Å². The Hall–Kier alpha value is -1.70. The molecular weight excluding hydrogens is 402 g/mol. The number of carbonyl (C=O) groups excluding carboxylic acids is 2. The minimum absolute atomic E-state index is 0.0274. The van der Waals surface area contributed by atoms with Crippen molar-refractivity contribution in [3.8, 4) is 0 Å². The van der Waals surface area contributed by atoms with E-state index in [0.29, 0.717) is 19.6 Å². The van der Waals surface area contributed by atoms with Crippen LogP contribution in [0.5, 0.6) is 0 Å². The van der Waals surface area contributed by atoms with E-state index in [9.17, 15) is 9.59 Å². The quantitative estimate of drug-likeness (QED) is 0.823. The molecule has 25 heavy (non-hydrogen) atoms. The van der Waals surface area contributed by atoms with Gasteiger partial charge in [0.2, 0.25) is 5.91 Å². The van der Waals surface area contributed by atoms with Gasteiger partial charge in [-0.3, -0.25) is 14.5 Å². The molecule has 2 amide bonds. The molecule has 1 N–H and O–H groups in total. The molecule has 1 aromatic heterocycles. The van der Waals surface area contributed by atoms with Crippen LogP contribution in [0.2, 0.25) is 0 Å². The van der Waals surface area contributed by atoms with Gasteiger partial charge in [0, 0.05) is 36.3 Å². The smallest absolute Gasteiger partial charge is 0.263 e. The SMILES string of the molecule is O=C(CN1CCCN(C(=O)c2cccs2)CC1)Nc1ccc(Br)cc1. The molecule has 0 atom stereocenters. The van der Waals surface area contributed by atoms with Crippen LogP contribution in [-0.4, -0.2) is 54.3 Å². The molecule has 2 aromatic rings. The number of benzene rings is 1. The second-order valence-corrected chi connectivity index (χ2v) is 7.82. The summed E-state index contributed by atoms with van der Waals surface area (Å²) in [5, 5.41) is 4.83. The summed E-state index contributed by atoms with van der Waals surface area (Å²) in [6.07, 6.45) is 0.878. The van der Waals surface area contributed by atoms with Gasteiger partial charge in [-0.2, -0.15) is 0 Å². The maximum atomic E-state index is 12.4. The number of hydrogen-bond acceptors (Lipinski definition) is 4. The maximum absolute atomic E-state index is 12.4. The second kappa shape index (κ2) is 8.60. The molecule has 1 fully saturated rings. The van der Waals surface area contributed by atoms with Crippen LogP contribution < -0.4 is 5.32 Å². The van der Waals surface area contributed by atoms with Gasteiger partial charge in [0.25, 0.3) is 5.91 Å². The topological polar surface area (TPSA) is 52.7 Å². The van der Waals surface area contributed by atoms with Gasteiger partial charge in [0.1, 0.15) is 0 Å². The van der Waals surface area contributed by atoms with Gasteiger partial charge >= 0.3 is 0 Å². The van der Waals surface area contributed by atoms with Crippen molar-refractivity contribution in [3.63, 3.8) is 0 Å². The number of rotatable bonds is 4. The predicted molar refractivity (Wildman–Crippen MR) is 104 cm³/mol. The van der Waals surface area contributed by atoms with Gasteiger partial charge in [-0.15, -0.1) is 11.3 Å². The highest BCUT2D eigenvalue weighted by molar-refractivity contribution is 9.10. The fourth-order valence-electron chi connectivity index (χ4n) is 2.83. The molecular formula is C18H20BrN3O2S. The average Bonchev–Trinajstić information content (AvgIpc) is 3.04. The molecule has 0 unspecified atom stereocenters. The average molecular weight is 422 g/mol. The van der Waals surface area contributed by atoms with E-state index < -0.39 is 0 Å². The molecule has 1 saturated heterocycles. The summed E-state index contributed by atoms with van der Waals surface area (Å²) in [7, 11) is 0. The summed E-state index contributed by atoms with van der Waals surface area (Å²) in [5.74, 6) is 0.0662. The van der Waals surface area contributed by atoms with Crippen LogP contribution in [-0.2, 0) is 4.79 Å². The summed E-state index contributed by atoms with van der Waals surface area (Å²) >= 11 is 4.85. The predicted octanol–water partition coefficient (Wildman–Crippen LogP) is 3.30. The van der Waals surface area contributed by atoms with Crippen LogP contribution in [0.15, 0.2) is 46.3 Å². The number of thiophene rings is 1. The van der Waals surface area contributed by atoms with Crippen LogP contribution in [0, 0.1) is 0 Å². The van der Waals surface area contributed by atoms with Crippen molar-refractivity contribution < 1.29 is 9.59 Å².